The van der Waals surface area contributed by atoms with Crippen LogP contribution in [-0.4, -0.2) is 25.5 Å². The smallest absolute Gasteiger partial charge is 0.202 e. The zero-order valence-electron chi connectivity index (χ0n) is 12.3. The second-order valence-electron chi connectivity index (χ2n) is 5.32. The third-order valence-corrected chi connectivity index (χ3v) is 4.02. The van der Waals surface area contributed by atoms with Gasteiger partial charge in [0, 0.05) is 30.5 Å². The summed E-state index contributed by atoms with van der Waals surface area (Å²) >= 11 is 1.44. The van der Waals surface area contributed by atoms with Crippen molar-refractivity contribution in [2.75, 3.05) is 11.9 Å². The number of benzene rings is 1. The highest BCUT2D eigenvalue weighted by Gasteiger charge is 2.07. The van der Waals surface area contributed by atoms with E-state index in [0.29, 0.717) is 5.92 Å². The minimum absolute atomic E-state index is 0.383. The van der Waals surface area contributed by atoms with E-state index in [1.807, 2.05) is 24.5 Å². The molecule has 110 valence electrons. The van der Waals surface area contributed by atoms with Crippen LogP contribution in [0.1, 0.15) is 32.0 Å². The predicted molar refractivity (Wildman–Crippen MR) is 86.8 cm³/mol. The molecule has 0 saturated carbocycles. The van der Waals surface area contributed by atoms with Crippen molar-refractivity contribution in [1.82, 2.24) is 18.9 Å². The molecule has 0 aliphatic heterocycles. The van der Waals surface area contributed by atoms with Crippen LogP contribution in [0.25, 0.3) is 11.0 Å². The van der Waals surface area contributed by atoms with E-state index in [1.165, 1.54) is 17.0 Å². The summed E-state index contributed by atoms with van der Waals surface area (Å²) in [6.45, 7) is 6.05. The summed E-state index contributed by atoms with van der Waals surface area (Å²) in [5.41, 5.74) is 2.24. The summed E-state index contributed by atoms with van der Waals surface area (Å²) in [4.78, 5) is 8.87. The highest BCUT2D eigenvalue weighted by molar-refractivity contribution is 7.09. The summed E-state index contributed by atoms with van der Waals surface area (Å²) in [5, 5.41) is 4.25. The molecular formula is C15H19N5S. The maximum atomic E-state index is 4.47. The van der Waals surface area contributed by atoms with E-state index in [2.05, 4.69) is 44.1 Å². The van der Waals surface area contributed by atoms with Gasteiger partial charge in [0.05, 0.1) is 17.4 Å². The number of hydrogen-bond donors (Lipinski definition) is 1. The number of para-hydroxylation sites is 2. The van der Waals surface area contributed by atoms with E-state index in [4.69, 9.17) is 0 Å². The minimum Gasteiger partial charge on any atom is -0.360 e. The van der Waals surface area contributed by atoms with Crippen molar-refractivity contribution >= 4 is 27.7 Å². The van der Waals surface area contributed by atoms with E-state index in [-0.39, 0.29) is 0 Å². The van der Waals surface area contributed by atoms with Crippen LogP contribution in [0.15, 0.2) is 30.6 Å². The number of nitrogens with one attached hydrogen (secondary N) is 1. The van der Waals surface area contributed by atoms with E-state index >= 15 is 0 Å². The summed E-state index contributed by atoms with van der Waals surface area (Å²) in [6, 6.07) is 8.21. The highest BCUT2D eigenvalue weighted by Crippen LogP contribution is 2.17. The van der Waals surface area contributed by atoms with Crippen LogP contribution >= 0.6 is 11.5 Å². The Kier molecular flexibility index (Phi) is 4.15. The second-order valence-corrected chi connectivity index (χ2v) is 6.07. The fraction of sp³-hybridized carbons (Fsp3) is 0.400. The number of anilines is 1. The van der Waals surface area contributed by atoms with E-state index < -0.39 is 0 Å². The molecule has 0 aliphatic rings. The molecule has 2 aromatic heterocycles. The SMILES string of the molecule is CC(C)c1nsc(NCCCn2cnc3ccccc32)n1. The monoisotopic (exact) mass is 301 g/mol. The largest absolute Gasteiger partial charge is 0.360 e. The van der Waals surface area contributed by atoms with Crippen LogP contribution in [0.3, 0.4) is 0 Å². The van der Waals surface area contributed by atoms with Gasteiger partial charge in [-0.3, -0.25) is 0 Å². The van der Waals surface area contributed by atoms with Gasteiger partial charge in [0.15, 0.2) is 0 Å². The summed E-state index contributed by atoms with van der Waals surface area (Å²) in [7, 11) is 0. The summed E-state index contributed by atoms with van der Waals surface area (Å²) in [5.74, 6) is 1.30. The average Bonchev–Trinajstić information content (AvgIpc) is 3.11. The second kappa shape index (κ2) is 6.22. The standard InChI is InChI=1S/C15H19N5S/c1-11(2)14-18-15(21-19-14)16-8-5-9-20-10-17-12-6-3-4-7-13(12)20/h3-4,6-7,10-11H,5,8-9H2,1-2H3,(H,16,18,19). The number of hydrogen-bond acceptors (Lipinski definition) is 5. The van der Waals surface area contributed by atoms with Crippen LogP contribution in [0.5, 0.6) is 0 Å². The number of fused-ring (bicyclic) bond motifs is 1. The van der Waals surface area contributed by atoms with Crippen LogP contribution in [-0.2, 0) is 6.54 Å². The first-order valence-electron chi connectivity index (χ1n) is 7.21. The first kappa shape index (κ1) is 14.0. The van der Waals surface area contributed by atoms with Crippen molar-refractivity contribution < 1.29 is 0 Å². The van der Waals surface area contributed by atoms with Gasteiger partial charge in [-0.15, -0.1) is 0 Å². The fourth-order valence-corrected chi connectivity index (χ4v) is 2.91. The molecule has 1 N–H and O–H groups in total. The van der Waals surface area contributed by atoms with Crippen LogP contribution in [0.2, 0.25) is 0 Å². The topological polar surface area (TPSA) is 55.6 Å². The molecule has 3 rings (SSSR count). The van der Waals surface area contributed by atoms with Crippen molar-refractivity contribution in [2.45, 2.75) is 32.7 Å². The molecule has 0 radical (unpaired) electrons. The van der Waals surface area contributed by atoms with Crippen LogP contribution < -0.4 is 5.32 Å². The van der Waals surface area contributed by atoms with Gasteiger partial charge >= 0.3 is 0 Å². The lowest BCUT2D eigenvalue weighted by Crippen LogP contribution is -2.06. The molecule has 5 nitrogen and oxygen atoms in total. The molecule has 0 bridgehead atoms. The lowest BCUT2D eigenvalue weighted by atomic mass is 10.2. The quantitative estimate of drug-likeness (QED) is 0.708. The molecule has 6 heteroatoms. The number of rotatable bonds is 6. The van der Waals surface area contributed by atoms with Crippen molar-refractivity contribution in [1.29, 1.82) is 0 Å². The Balaban J connectivity index is 1.52. The Morgan fingerprint density at radius 2 is 2.14 bits per heavy atom. The molecular weight excluding hydrogens is 282 g/mol. The van der Waals surface area contributed by atoms with Crippen LogP contribution in [0.4, 0.5) is 5.13 Å². The van der Waals surface area contributed by atoms with E-state index in [1.54, 1.807) is 0 Å². The van der Waals surface area contributed by atoms with Crippen molar-refractivity contribution in [3.8, 4) is 0 Å². The minimum atomic E-state index is 0.383. The van der Waals surface area contributed by atoms with Crippen molar-refractivity contribution in [2.24, 2.45) is 0 Å². The lowest BCUT2D eigenvalue weighted by molar-refractivity contribution is 0.677. The molecule has 0 unspecified atom stereocenters. The number of aromatic nitrogens is 4. The van der Waals surface area contributed by atoms with Crippen molar-refractivity contribution in [3.05, 3.63) is 36.4 Å². The molecule has 0 amide bonds. The zero-order valence-corrected chi connectivity index (χ0v) is 13.1. The van der Waals surface area contributed by atoms with Gasteiger partial charge in [-0.05, 0) is 18.6 Å². The average molecular weight is 301 g/mol. The Morgan fingerprint density at radius 1 is 1.29 bits per heavy atom. The summed E-state index contributed by atoms with van der Waals surface area (Å²) < 4.78 is 6.53. The molecule has 21 heavy (non-hydrogen) atoms. The Morgan fingerprint density at radius 3 is 2.95 bits per heavy atom. The molecule has 3 aromatic rings. The normalized spacial score (nSPS) is 11.4. The van der Waals surface area contributed by atoms with Gasteiger partial charge in [-0.2, -0.15) is 4.37 Å². The van der Waals surface area contributed by atoms with E-state index in [0.717, 1.165) is 36.0 Å². The third kappa shape index (κ3) is 3.21. The molecule has 0 spiro atoms. The van der Waals surface area contributed by atoms with Gasteiger partial charge < -0.3 is 9.88 Å². The fourth-order valence-electron chi connectivity index (χ4n) is 2.17. The van der Waals surface area contributed by atoms with Crippen LogP contribution in [0, 0.1) is 0 Å². The number of imidazole rings is 1. The van der Waals surface area contributed by atoms with Gasteiger partial charge in [-0.25, -0.2) is 9.97 Å². The van der Waals surface area contributed by atoms with E-state index in [9.17, 15) is 0 Å². The van der Waals surface area contributed by atoms with Gasteiger partial charge in [-0.1, -0.05) is 26.0 Å². The zero-order chi connectivity index (χ0) is 14.7. The predicted octanol–water partition coefficient (Wildman–Crippen LogP) is 3.51. The molecule has 2 heterocycles. The number of nitrogens with zero attached hydrogens (tertiary/aromatic N) is 4. The maximum absolute atomic E-state index is 4.47. The maximum Gasteiger partial charge on any atom is 0.202 e. The highest BCUT2D eigenvalue weighted by atomic mass is 32.1. The Hall–Kier alpha value is -1.95. The van der Waals surface area contributed by atoms with Crippen molar-refractivity contribution in [3.63, 3.8) is 0 Å². The molecule has 0 aliphatic carbocycles. The first-order valence-corrected chi connectivity index (χ1v) is 7.99. The summed E-state index contributed by atoms with van der Waals surface area (Å²) in [6.07, 6.45) is 2.93. The molecule has 0 atom stereocenters. The molecule has 1 aromatic carbocycles. The van der Waals surface area contributed by atoms with Gasteiger partial charge in [0.2, 0.25) is 5.13 Å². The van der Waals surface area contributed by atoms with Gasteiger partial charge in [0.25, 0.3) is 0 Å². The Bertz CT molecular complexity index is 716. The molecule has 0 saturated heterocycles. The molecule has 0 fully saturated rings. The lowest BCUT2D eigenvalue weighted by Gasteiger charge is -2.05. The Labute approximate surface area is 128 Å². The first-order chi connectivity index (χ1) is 10.2. The third-order valence-electron chi connectivity index (χ3n) is 3.34. The number of aryl methyl sites for hydroxylation is 1. The van der Waals surface area contributed by atoms with Gasteiger partial charge in [0.1, 0.15) is 5.82 Å².